The fourth-order valence-electron chi connectivity index (χ4n) is 1.21. The van der Waals surface area contributed by atoms with Crippen molar-refractivity contribution in [2.45, 2.75) is 33.2 Å². The molecule has 3 N–H and O–H groups in total. The summed E-state index contributed by atoms with van der Waals surface area (Å²) in [5.41, 5.74) is 5.78. The van der Waals surface area contributed by atoms with Gasteiger partial charge in [0.05, 0.1) is 0 Å². The van der Waals surface area contributed by atoms with Gasteiger partial charge in [0.15, 0.2) is 0 Å². The summed E-state index contributed by atoms with van der Waals surface area (Å²) in [4.78, 5) is 2.41. The molecule has 0 aliphatic carbocycles. The first kappa shape index (κ1) is 12.9. The van der Waals surface area contributed by atoms with Gasteiger partial charge in [-0.25, -0.2) is 0 Å². The smallest absolute Gasteiger partial charge is 0.0162 e. The van der Waals surface area contributed by atoms with Crippen LogP contribution in [0.4, 0.5) is 0 Å². The first-order chi connectivity index (χ1) is 6.24. The van der Waals surface area contributed by atoms with E-state index < -0.39 is 0 Å². The van der Waals surface area contributed by atoms with Crippen molar-refractivity contribution in [2.24, 2.45) is 5.73 Å². The Morgan fingerprint density at radius 1 is 1.23 bits per heavy atom. The Kier molecular flexibility index (Phi) is 8.40. The van der Waals surface area contributed by atoms with E-state index in [-0.39, 0.29) is 0 Å². The zero-order valence-electron chi connectivity index (χ0n) is 9.34. The van der Waals surface area contributed by atoms with Crippen LogP contribution in [0.25, 0.3) is 0 Å². The lowest BCUT2D eigenvalue weighted by molar-refractivity contribution is 0.301. The largest absolute Gasteiger partial charge is 0.327 e. The molecule has 0 bridgehead atoms. The van der Waals surface area contributed by atoms with Crippen LogP contribution in [-0.2, 0) is 0 Å². The molecule has 0 aliphatic heterocycles. The maximum absolute atomic E-state index is 5.78. The number of hydrogen-bond donors (Lipinski definition) is 2. The molecule has 0 aromatic heterocycles. The van der Waals surface area contributed by atoms with E-state index in [1.54, 1.807) is 0 Å². The second-order valence-electron chi connectivity index (χ2n) is 3.40. The van der Waals surface area contributed by atoms with Crippen LogP contribution in [0, 0.1) is 0 Å². The summed E-state index contributed by atoms with van der Waals surface area (Å²) in [5, 5.41) is 3.37. The molecule has 0 fully saturated rings. The minimum atomic E-state index is 0.316. The number of rotatable bonds is 8. The van der Waals surface area contributed by atoms with Gasteiger partial charge >= 0.3 is 0 Å². The van der Waals surface area contributed by atoms with Gasteiger partial charge in [-0.3, -0.25) is 0 Å². The summed E-state index contributed by atoms with van der Waals surface area (Å²) < 4.78 is 0. The van der Waals surface area contributed by atoms with Crippen LogP contribution in [-0.4, -0.2) is 43.7 Å². The summed E-state index contributed by atoms with van der Waals surface area (Å²) >= 11 is 0. The molecule has 3 nitrogen and oxygen atoms in total. The van der Waals surface area contributed by atoms with Crippen molar-refractivity contribution >= 4 is 0 Å². The Labute approximate surface area is 82.7 Å². The molecule has 1 unspecified atom stereocenters. The number of hydrogen-bond acceptors (Lipinski definition) is 3. The molecule has 0 spiro atoms. The quantitative estimate of drug-likeness (QED) is 0.548. The SMILES string of the molecule is CCC(N)CNCCN(CC)CC. The number of nitrogens with one attached hydrogen (secondary N) is 1. The van der Waals surface area contributed by atoms with Gasteiger partial charge in [-0.1, -0.05) is 20.8 Å². The Bertz CT molecular complexity index is 102. The molecule has 0 saturated heterocycles. The number of likely N-dealkylation sites (N-methyl/N-ethyl adjacent to an activating group) is 1. The molecule has 0 amide bonds. The van der Waals surface area contributed by atoms with Crippen LogP contribution in [0.5, 0.6) is 0 Å². The van der Waals surface area contributed by atoms with Crippen LogP contribution in [0.3, 0.4) is 0 Å². The molecule has 3 heteroatoms. The normalized spacial score (nSPS) is 13.6. The lowest BCUT2D eigenvalue weighted by atomic mass is 10.2. The van der Waals surface area contributed by atoms with E-state index in [2.05, 4.69) is 31.0 Å². The van der Waals surface area contributed by atoms with Crippen molar-refractivity contribution in [3.8, 4) is 0 Å². The topological polar surface area (TPSA) is 41.3 Å². The van der Waals surface area contributed by atoms with Gasteiger partial charge in [0.25, 0.3) is 0 Å². The monoisotopic (exact) mass is 187 g/mol. The second-order valence-corrected chi connectivity index (χ2v) is 3.40. The Balaban J connectivity index is 3.23. The maximum Gasteiger partial charge on any atom is 0.0162 e. The Morgan fingerprint density at radius 3 is 2.31 bits per heavy atom. The summed E-state index contributed by atoms with van der Waals surface area (Å²) in [6, 6.07) is 0.316. The molecule has 13 heavy (non-hydrogen) atoms. The number of nitrogens with zero attached hydrogens (tertiary/aromatic N) is 1. The van der Waals surface area contributed by atoms with E-state index in [1.807, 2.05) is 0 Å². The molecule has 0 aliphatic rings. The lowest BCUT2D eigenvalue weighted by Crippen LogP contribution is -2.38. The van der Waals surface area contributed by atoms with Crippen LogP contribution in [0.1, 0.15) is 27.2 Å². The van der Waals surface area contributed by atoms with Crippen LogP contribution in [0.15, 0.2) is 0 Å². The molecule has 1 atom stereocenters. The average molecular weight is 187 g/mol. The summed E-state index contributed by atoms with van der Waals surface area (Å²) in [6.45, 7) is 11.9. The van der Waals surface area contributed by atoms with Crippen LogP contribution >= 0.6 is 0 Å². The molecule has 0 heterocycles. The standard InChI is InChI=1S/C10H25N3/c1-4-10(11)9-12-7-8-13(5-2)6-3/h10,12H,4-9,11H2,1-3H3. The van der Waals surface area contributed by atoms with E-state index in [1.165, 1.54) is 0 Å². The predicted molar refractivity (Wildman–Crippen MR) is 58.9 cm³/mol. The predicted octanol–water partition coefficient (Wildman–Crippen LogP) is 0.655. The molecule has 0 saturated carbocycles. The van der Waals surface area contributed by atoms with Crippen LogP contribution < -0.4 is 11.1 Å². The molecule has 0 aromatic carbocycles. The third kappa shape index (κ3) is 6.99. The third-order valence-corrected chi connectivity index (χ3v) is 2.43. The average Bonchev–Trinajstić information content (AvgIpc) is 2.18. The molecular formula is C10H25N3. The summed E-state index contributed by atoms with van der Waals surface area (Å²) in [7, 11) is 0. The highest BCUT2D eigenvalue weighted by Crippen LogP contribution is 1.85. The summed E-state index contributed by atoms with van der Waals surface area (Å²) in [6.07, 6.45) is 1.05. The van der Waals surface area contributed by atoms with E-state index in [4.69, 9.17) is 5.73 Å². The maximum atomic E-state index is 5.78. The van der Waals surface area contributed by atoms with Gasteiger partial charge in [0.2, 0.25) is 0 Å². The molecular weight excluding hydrogens is 162 g/mol. The number of nitrogens with two attached hydrogens (primary N) is 1. The molecule has 0 radical (unpaired) electrons. The van der Waals surface area contributed by atoms with Crippen LogP contribution in [0.2, 0.25) is 0 Å². The molecule has 80 valence electrons. The van der Waals surface area contributed by atoms with E-state index >= 15 is 0 Å². The zero-order chi connectivity index (χ0) is 10.1. The van der Waals surface area contributed by atoms with Gasteiger partial charge < -0.3 is 16.0 Å². The van der Waals surface area contributed by atoms with E-state index in [0.29, 0.717) is 6.04 Å². The highest BCUT2D eigenvalue weighted by Gasteiger charge is 1.99. The van der Waals surface area contributed by atoms with Crippen molar-refractivity contribution in [2.75, 3.05) is 32.7 Å². The lowest BCUT2D eigenvalue weighted by Gasteiger charge is -2.18. The van der Waals surface area contributed by atoms with E-state index in [0.717, 1.165) is 39.1 Å². The second kappa shape index (κ2) is 8.48. The van der Waals surface area contributed by atoms with Gasteiger partial charge in [-0.15, -0.1) is 0 Å². The first-order valence-electron chi connectivity index (χ1n) is 5.43. The fraction of sp³-hybridized carbons (Fsp3) is 1.00. The van der Waals surface area contributed by atoms with Crippen molar-refractivity contribution in [1.82, 2.24) is 10.2 Å². The van der Waals surface area contributed by atoms with Gasteiger partial charge in [0.1, 0.15) is 0 Å². The highest BCUT2D eigenvalue weighted by atomic mass is 15.1. The van der Waals surface area contributed by atoms with Crippen molar-refractivity contribution in [3.63, 3.8) is 0 Å². The highest BCUT2D eigenvalue weighted by molar-refractivity contribution is 4.63. The van der Waals surface area contributed by atoms with E-state index in [9.17, 15) is 0 Å². The third-order valence-electron chi connectivity index (χ3n) is 2.43. The zero-order valence-corrected chi connectivity index (χ0v) is 9.34. The van der Waals surface area contributed by atoms with Crippen molar-refractivity contribution in [3.05, 3.63) is 0 Å². The van der Waals surface area contributed by atoms with Crippen molar-refractivity contribution < 1.29 is 0 Å². The van der Waals surface area contributed by atoms with Gasteiger partial charge in [-0.05, 0) is 19.5 Å². The Hall–Kier alpha value is -0.120. The van der Waals surface area contributed by atoms with Crippen molar-refractivity contribution in [1.29, 1.82) is 0 Å². The summed E-state index contributed by atoms with van der Waals surface area (Å²) in [5.74, 6) is 0. The minimum Gasteiger partial charge on any atom is -0.327 e. The fourth-order valence-corrected chi connectivity index (χ4v) is 1.21. The first-order valence-corrected chi connectivity index (χ1v) is 5.43. The van der Waals surface area contributed by atoms with Gasteiger partial charge in [-0.2, -0.15) is 0 Å². The Morgan fingerprint density at radius 2 is 1.85 bits per heavy atom. The molecule has 0 aromatic rings. The minimum absolute atomic E-state index is 0.316. The van der Waals surface area contributed by atoms with Gasteiger partial charge in [0, 0.05) is 25.7 Å². The molecule has 0 rings (SSSR count).